The minimum Gasteiger partial charge on any atom is -0.379 e. The average molecular weight is 413 g/mol. The highest BCUT2D eigenvalue weighted by Gasteiger charge is 2.41. The summed E-state index contributed by atoms with van der Waals surface area (Å²) in [6, 6.07) is 14.3. The Morgan fingerprint density at radius 3 is 2.55 bits per heavy atom. The highest BCUT2D eigenvalue weighted by atomic mass is 32.2. The minimum atomic E-state index is -4.05. The molecule has 1 aliphatic rings. The molecule has 2 aromatic carbocycles. The summed E-state index contributed by atoms with van der Waals surface area (Å²) in [5.41, 5.74) is 0.459. The Balaban J connectivity index is 1.94. The Hall–Kier alpha value is -2.85. The molecular weight excluding hydrogens is 388 g/mol. The van der Waals surface area contributed by atoms with Crippen LogP contribution in [0.5, 0.6) is 5.75 Å². The van der Waals surface area contributed by atoms with E-state index in [9.17, 15) is 13.2 Å². The first-order valence-electron chi connectivity index (χ1n) is 9.63. The molecule has 29 heavy (non-hydrogen) atoms. The maximum atomic E-state index is 13.1. The smallest absolute Gasteiger partial charge is 0.339 e. The van der Waals surface area contributed by atoms with Crippen molar-refractivity contribution in [2.75, 3.05) is 13.6 Å². The molecule has 1 fully saturated rings. The third-order valence-corrected chi connectivity index (χ3v) is 6.83. The number of nitriles is 1. The molecule has 6 nitrogen and oxygen atoms in total. The third kappa shape index (κ3) is 4.13. The molecule has 0 bridgehead atoms. The zero-order valence-electron chi connectivity index (χ0n) is 16.6. The summed E-state index contributed by atoms with van der Waals surface area (Å²) in [5.74, 6) is 0.226. The van der Waals surface area contributed by atoms with Crippen LogP contribution < -0.4 is 4.18 Å². The van der Waals surface area contributed by atoms with Crippen LogP contribution in [0, 0.1) is 11.3 Å². The normalized spacial score (nSPS) is 20.0. The van der Waals surface area contributed by atoms with Crippen LogP contribution in [0.2, 0.25) is 0 Å². The summed E-state index contributed by atoms with van der Waals surface area (Å²) in [6.07, 6.45) is 3.23. The molecule has 7 heteroatoms. The Labute approximate surface area is 171 Å². The van der Waals surface area contributed by atoms with Crippen LogP contribution >= 0.6 is 0 Å². The number of carbonyl (C=O) groups excluding carboxylic acids is 1. The standard InChI is InChI=1S/C22H24N2O4S/c1-3-22(13-4-5-14-24(2)21(22)25)18-7-6-8-19(15-18)28-29(26,27)20-11-9-17(16-23)10-12-20/h6-12,15H,3-5,13-14H2,1-2H3. The third-order valence-electron chi connectivity index (χ3n) is 5.57. The molecule has 1 aliphatic heterocycles. The number of benzene rings is 2. The lowest BCUT2D eigenvalue weighted by Gasteiger charge is -2.33. The van der Waals surface area contributed by atoms with E-state index in [0.29, 0.717) is 12.0 Å². The lowest BCUT2D eigenvalue weighted by Crippen LogP contribution is -2.43. The molecule has 1 amide bonds. The SMILES string of the molecule is CCC1(c2cccc(OS(=O)(=O)c3ccc(C#N)cc3)c2)CCCCN(C)C1=O. The molecule has 0 aromatic heterocycles. The van der Waals surface area contributed by atoms with Gasteiger partial charge in [-0.2, -0.15) is 13.7 Å². The van der Waals surface area contributed by atoms with E-state index in [2.05, 4.69) is 0 Å². The molecule has 0 spiro atoms. The van der Waals surface area contributed by atoms with E-state index in [1.165, 1.54) is 24.3 Å². The summed E-state index contributed by atoms with van der Waals surface area (Å²) in [6.45, 7) is 2.71. The number of likely N-dealkylation sites (tertiary alicyclic amines) is 1. The van der Waals surface area contributed by atoms with Crippen molar-refractivity contribution in [1.82, 2.24) is 4.90 Å². The van der Waals surface area contributed by atoms with Crippen molar-refractivity contribution in [2.45, 2.75) is 42.9 Å². The van der Waals surface area contributed by atoms with Crippen molar-refractivity contribution in [3.63, 3.8) is 0 Å². The topological polar surface area (TPSA) is 87.5 Å². The van der Waals surface area contributed by atoms with Crippen molar-refractivity contribution in [2.24, 2.45) is 0 Å². The number of likely N-dealkylation sites (N-methyl/N-ethyl adjacent to an activating group) is 1. The zero-order chi connectivity index (χ0) is 21.1. The lowest BCUT2D eigenvalue weighted by atomic mass is 9.73. The van der Waals surface area contributed by atoms with Gasteiger partial charge in [-0.25, -0.2) is 0 Å². The molecule has 1 saturated heterocycles. The van der Waals surface area contributed by atoms with Crippen LogP contribution in [0.25, 0.3) is 0 Å². The summed E-state index contributed by atoms with van der Waals surface area (Å²) < 4.78 is 30.6. The van der Waals surface area contributed by atoms with Crippen LogP contribution in [0.4, 0.5) is 0 Å². The van der Waals surface area contributed by atoms with Gasteiger partial charge in [0.25, 0.3) is 0 Å². The van der Waals surface area contributed by atoms with E-state index in [1.54, 1.807) is 23.1 Å². The molecule has 152 valence electrons. The van der Waals surface area contributed by atoms with Crippen molar-refractivity contribution >= 4 is 16.0 Å². The number of carbonyl (C=O) groups is 1. The van der Waals surface area contributed by atoms with Crippen LogP contribution in [0.15, 0.2) is 53.4 Å². The summed E-state index contributed by atoms with van der Waals surface area (Å²) in [4.78, 5) is 14.8. The molecule has 1 atom stereocenters. The second kappa shape index (κ2) is 8.26. The summed E-state index contributed by atoms with van der Waals surface area (Å²) >= 11 is 0. The molecule has 0 saturated carbocycles. The van der Waals surface area contributed by atoms with Crippen LogP contribution in [0.3, 0.4) is 0 Å². The Kier molecular flexibility index (Phi) is 5.94. The van der Waals surface area contributed by atoms with E-state index in [4.69, 9.17) is 9.44 Å². The predicted molar refractivity (Wildman–Crippen MR) is 109 cm³/mol. The maximum Gasteiger partial charge on any atom is 0.339 e. The number of nitrogens with zero attached hydrogens (tertiary/aromatic N) is 2. The van der Waals surface area contributed by atoms with Gasteiger partial charge in [0.05, 0.1) is 17.0 Å². The minimum absolute atomic E-state index is 0.0302. The van der Waals surface area contributed by atoms with Gasteiger partial charge >= 0.3 is 10.1 Å². The molecule has 3 rings (SSSR count). The summed E-state index contributed by atoms with van der Waals surface area (Å²) in [5, 5.41) is 8.87. The fourth-order valence-electron chi connectivity index (χ4n) is 3.87. The van der Waals surface area contributed by atoms with Gasteiger partial charge in [-0.15, -0.1) is 0 Å². The fourth-order valence-corrected chi connectivity index (χ4v) is 4.79. The van der Waals surface area contributed by atoms with Crippen molar-refractivity contribution in [1.29, 1.82) is 5.26 Å². The van der Waals surface area contributed by atoms with E-state index in [0.717, 1.165) is 31.4 Å². The monoisotopic (exact) mass is 412 g/mol. The lowest BCUT2D eigenvalue weighted by molar-refractivity contribution is -0.135. The Morgan fingerprint density at radius 1 is 1.17 bits per heavy atom. The number of hydrogen-bond acceptors (Lipinski definition) is 5. The highest BCUT2D eigenvalue weighted by Crippen LogP contribution is 2.39. The van der Waals surface area contributed by atoms with Gasteiger partial charge in [-0.3, -0.25) is 4.79 Å². The van der Waals surface area contributed by atoms with E-state index in [-0.39, 0.29) is 16.6 Å². The number of rotatable bonds is 5. The van der Waals surface area contributed by atoms with Gasteiger partial charge in [0.2, 0.25) is 5.91 Å². The van der Waals surface area contributed by atoms with E-state index >= 15 is 0 Å². The van der Waals surface area contributed by atoms with Gasteiger partial charge in [0.15, 0.2) is 0 Å². The van der Waals surface area contributed by atoms with Crippen LogP contribution in [0.1, 0.15) is 43.7 Å². The number of amides is 1. The average Bonchev–Trinajstić information content (AvgIpc) is 2.87. The predicted octanol–water partition coefficient (Wildman–Crippen LogP) is 3.62. The van der Waals surface area contributed by atoms with Gasteiger partial charge in [0.1, 0.15) is 10.6 Å². The van der Waals surface area contributed by atoms with Crippen molar-refractivity contribution < 1.29 is 17.4 Å². The Morgan fingerprint density at radius 2 is 1.90 bits per heavy atom. The summed E-state index contributed by atoms with van der Waals surface area (Å²) in [7, 11) is -2.24. The first kappa shape index (κ1) is 20.9. The van der Waals surface area contributed by atoms with Gasteiger partial charge in [0, 0.05) is 13.6 Å². The quantitative estimate of drug-likeness (QED) is 0.700. The van der Waals surface area contributed by atoms with Gasteiger partial charge < -0.3 is 9.08 Å². The Bertz CT molecular complexity index is 1040. The maximum absolute atomic E-state index is 13.1. The molecule has 2 aromatic rings. The number of hydrogen-bond donors (Lipinski definition) is 0. The van der Waals surface area contributed by atoms with E-state index < -0.39 is 15.5 Å². The molecule has 1 unspecified atom stereocenters. The second-order valence-corrected chi connectivity index (χ2v) is 8.87. The second-order valence-electron chi connectivity index (χ2n) is 7.32. The zero-order valence-corrected chi connectivity index (χ0v) is 17.4. The van der Waals surface area contributed by atoms with E-state index in [1.807, 2.05) is 26.1 Å². The molecular formula is C22H24N2O4S. The molecule has 1 heterocycles. The first-order valence-corrected chi connectivity index (χ1v) is 11.0. The van der Waals surface area contributed by atoms with Crippen LogP contribution in [-0.4, -0.2) is 32.8 Å². The van der Waals surface area contributed by atoms with Gasteiger partial charge in [-0.05, 0) is 61.2 Å². The van der Waals surface area contributed by atoms with Gasteiger partial charge in [-0.1, -0.05) is 25.5 Å². The van der Waals surface area contributed by atoms with Crippen LogP contribution in [-0.2, 0) is 20.3 Å². The first-order chi connectivity index (χ1) is 13.8. The fraction of sp³-hybridized carbons (Fsp3) is 0.364. The largest absolute Gasteiger partial charge is 0.379 e. The highest BCUT2D eigenvalue weighted by molar-refractivity contribution is 7.87. The van der Waals surface area contributed by atoms with Crippen molar-refractivity contribution in [3.05, 3.63) is 59.7 Å². The molecule has 0 aliphatic carbocycles. The molecule has 0 radical (unpaired) electrons. The molecule has 0 N–H and O–H groups in total. The van der Waals surface area contributed by atoms with Crippen molar-refractivity contribution in [3.8, 4) is 11.8 Å².